The fraction of sp³-hybridized carbons (Fsp3) is 0.500. The molecule has 0 spiro atoms. The van der Waals surface area contributed by atoms with Gasteiger partial charge in [0.05, 0.1) is 18.9 Å². The molecule has 106 valence electrons. The summed E-state index contributed by atoms with van der Waals surface area (Å²) in [6.07, 6.45) is 0.822. The van der Waals surface area contributed by atoms with Crippen LogP contribution in [0.4, 0.5) is 0 Å². The van der Waals surface area contributed by atoms with Gasteiger partial charge < -0.3 is 9.64 Å². The molecule has 20 heavy (non-hydrogen) atoms. The third-order valence-corrected chi connectivity index (χ3v) is 4.58. The zero-order chi connectivity index (χ0) is 14.3. The topological polar surface area (TPSA) is 46.6 Å². The zero-order valence-corrected chi connectivity index (χ0v) is 11.8. The first-order valence-corrected chi connectivity index (χ1v) is 7.06. The number of carbonyl (C=O) groups excluding carboxylic acids is 2. The summed E-state index contributed by atoms with van der Waals surface area (Å²) < 4.78 is 4.81. The molecule has 4 heteroatoms. The van der Waals surface area contributed by atoms with Crippen LogP contribution in [-0.4, -0.2) is 37.0 Å². The smallest absolute Gasteiger partial charge is 0.310 e. The Labute approximate surface area is 118 Å². The summed E-state index contributed by atoms with van der Waals surface area (Å²) in [4.78, 5) is 26.1. The van der Waals surface area contributed by atoms with E-state index in [9.17, 15) is 9.59 Å². The molecule has 1 saturated heterocycles. The average molecular weight is 273 g/mol. The van der Waals surface area contributed by atoms with E-state index in [-0.39, 0.29) is 29.6 Å². The summed E-state index contributed by atoms with van der Waals surface area (Å²) in [5.41, 5.74) is 2.41. The van der Waals surface area contributed by atoms with Crippen LogP contribution in [-0.2, 0) is 20.7 Å². The van der Waals surface area contributed by atoms with Gasteiger partial charge in [0, 0.05) is 13.1 Å². The molecule has 0 radical (unpaired) electrons. The van der Waals surface area contributed by atoms with Gasteiger partial charge in [0.2, 0.25) is 5.91 Å². The molecule has 4 nitrogen and oxygen atoms in total. The Morgan fingerprint density at radius 1 is 1.25 bits per heavy atom. The number of carbonyl (C=O) groups is 2. The highest BCUT2D eigenvalue weighted by atomic mass is 16.5. The number of esters is 1. The second kappa shape index (κ2) is 4.93. The predicted molar refractivity (Wildman–Crippen MR) is 74.1 cm³/mol. The molecular formula is C16H19NO3. The van der Waals surface area contributed by atoms with Crippen molar-refractivity contribution in [1.82, 2.24) is 4.90 Å². The van der Waals surface area contributed by atoms with E-state index in [0.29, 0.717) is 13.1 Å². The maximum atomic E-state index is 12.6. The minimum Gasteiger partial charge on any atom is -0.469 e. The first kappa shape index (κ1) is 13.2. The Bertz CT molecular complexity index is 554. The normalized spacial score (nSPS) is 27.7. The minimum absolute atomic E-state index is 0.0187. The van der Waals surface area contributed by atoms with Crippen molar-refractivity contribution < 1.29 is 14.3 Å². The highest BCUT2D eigenvalue weighted by molar-refractivity contribution is 5.88. The van der Waals surface area contributed by atoms with Gasteiger partial charge in [0.15, 0.2) is 0 Å². The largest absolute Gasteiger partial charge is 0.469 e. The van der Waals surface area contributed by atoms with Crippen molar-refractivity contribution in [2.24, 2.45) is 11.8 Å². The lowest BCUT2D eigenvalue weighted by atomic mass is 9.77. The molecular weight excluding hydrogens is 254 g/mol. The quantitative estimate of drug-likeness (QED) is 0.769. The summed E-state index contributed by atoms with van der Waals surface area (Å²) in [5, 5.41) is 0. The maximum absolute atomic E-state index is 12.6. The summed E-state index contributed by atoms with van der Waals surface area (Å²) in [6, 6.07) is 8.08. The third-order valence-electron chi connectivity index (χ3n) is 4.58. The molecule has 3 unspecified atom stereocenters. The summed E-state index contributed by atoms with van der Waals surface area (Å²) >= 11 is 0. The van der Waals surface area contributed by atoms with Crippen molar-refractivity contribution in [3.63, 3.8) is 0 Å². The molecule has 0 saturated carbocycles. The highest BCUT2D eigenvalue weighted by Crippen LogP contribution is 2.37. The molecule has 1 fully saturated rings. The van der Waals surface area contributed by atoms with Gasteiger partial charge in [-0.25, -0.2) is 0 Å². The Kier molecular flexibility index (Phi) is 3.24. The maximum Gasteiger partial charge on any atom is 0.310 e. The fourth-order valence-corrected chi connectivity index (χ4v) is 3.30. The van der Waals surface area contributed by atoms with Crippen molar-refractivity contribution in [2.45, 2.75) is 19.3 Å². The summed E-state index contributed by atoms with van der Waals surface area (Å²) in [7, 11) is 1.40. The molecule has 3 atom stereocenters. The van der Waals surface area contributed by atoms with E-state index in [2.05, 4.69) is 6.07 Å². The Hall–Kier alpha value is -1.84. The number of rotatable bonds is 2. The molecule has 1 aliphatic heterocycles. The van der Waals surface area contributed by atoms with Gasteiger partial charge in [-0.15, -0.1) is 0 Å². The molecule has 3 rings (SSSR count). The monoisotopic (exact) mass is 273 g/mol. The second-order valence-electron chi connectivity index (χ2n) is 5.81. The van der Waals surface area contributed by atoms with Crippen LogP contribution in [0.5, 0.6) is 0 Å². The van der Waals surface area contributed by atoms with Gasteiger partial charge in [-0.1, -0.05) is 31.2 Å². The zero-order valence-electron chi connectivity index (χ0n) is 11.8. The SMILES string of the molecule is COC(=O)C1CN(C(=O)C2Cc3ccccc32)CC1C. The first-order chi connectivity index (χ1) is 9.61. The van der Waals surface area contributed by atoms with Gasteiger partial charge in [-0.05, 0) is 23.5 Å². The van der Waals surface area contributed by atoms with E-state index in [1.54, 1.807) is 0 Å². The number of nitrogens with zero attached hydrogens (tertiary/aromatic N) is 1. The van der Waals surface area contributed by atoms with Gasteiger partial charge in [-0.3, -0.25) is 9.59 Å². The molecule has 2 aliphatic rings. The van der Waals surface area contributed by atoms with Gasteiger partial charge >= 0.3 is 5.97 Å². The number of benzene rings is 1. The Morgan fingerprint density at radius 2 is 2.00 bits per heavy atom. The number of amides is 1. The van der Waals surface area contributed by atoms with Crippen LogP contribution in [0.3, 0.4) is 0 Å². The lowest BCUT2D eigenvalue weighted by Crippen LogP contribution is -2.38. The van der Waals surface area contributed by atoms with Gasteiger partial charge in [0.25, 0.3) is 0 Å². The first-order valence-electron chi connectivity index (χ1n) is 7.06. The van der Waals surface area contributed by atoms with E-state index >= 15 is 0 Å². The van der Waals surface area contributed by atoms with E-state index in [0.717, 1.165) is 12.0 Å². The fourth-order valence-electron chi connectivity index (χ4n) is 3.30. The number of ether oxygens (including phenoxy) is 1. The van der Waals surface area contributed by atoms with Crippen LogP contribution in [0.15, 0.2) is 24.3 Å². The van der Waals surface area contributed by atoms with Crippen molar-refractivity contribution >= 4 is 11.9 Å². The standard InChI is InChI=1S/C16H19NO3/c1-10-8-17(9-14(10)16(19)20-2)15(18)13-7-11-5-3-4-6-12(11)13/h3-6,10,13-14H,7-9H2,1-2H3. The molecule has 1 heterocycles. The van der Waals surface area contributed by atoms with Crippen molar-refractivity contribution in [2.75, 3.05) is 20.2 Å². The molecule has 0 aromatic heterocycles. The molecule has 1 aromatic rings. The molecule has 1 aromatic carbocycles. The summed E-state index contributed by atoms with van der Waals surface area (Å²) in [6.45, 7) is 3.15. The van der Waals surface area contributed by atoms with E-state index in [4.69, 9.17) is 4.74 Å². The molecule has 1 amide bonds. The second-order valence-corrected chi connectivity index (χ2v) is 5.81. The number of hydrogen-bond acceptors (Lipinski definition) is 3. The van der Waals surface area contributed by atoms with Crippen LogP contribution in [0.1, 0.15) is 24.0 Å². The van der Waals surface area contributed by atoms with E-state index in [1.165, 1.54) is 12.7 Å². The predicted octanol–water partition coefficient (Wildman–Crippen LogP) is 1.59. The van der Waals surface area contributed by atoms with Gasteiger partial charge in [0.1, 0.15) is 0 Å². The van der Waals surface area contributed by atoms with E-state index < -0.39 is 0 Å². The third kappa shape index (κ3) is 1.99. The summed E-state index contributed by atoms with van der Waals surface area (Å²) in [5.74, 6) is -0.0837. The lowest BCUT2D eigenvalue weighted by molar-refractivity contribution is -0.146. The Morgan fingerprint density at radius 3 is 2.70 bits per heavy atom. The number of hydrogen-bond donors (Lipinski definition) is 0. The number of methoxy groups -OCH3 is 1. The van der Waals surface area contributed by atoms with Crippen molar-refractivity contribution in [3.05, 3.63) is 35.4 Å². The molecule has 0 bridgehead atoms. The van der Waals surface area contributed by atoms with Crippen molar-refractivity contribution in [3.8, 4) is 0 Å². The molecule has 0 N–H and O–H groups in total. The van der Waals surface area contributed by atoms with Crippen LogP contribution in [0.25, 0.3) is 0 Å². The number of likely N-dealkylation sites (tertiary alicyclic amines) is 1. The van der Waals surface area contributed by atoms with Crippen LogP contribution >= 0.6 is 0 Å². The van der Waals surface area contributed by atoms with Gasteiger partial charge in [-0.2, -0.15) is 0 Å². The lowest BCUT2D eigenvalue weighted by Gasteiger charge is -2.32. The van der Waals surface area contributed by atoms with Crippen LogP contribution < -0.4 is 0 Å². The number of fused-ring (bicyclic) bond motifs is 1. The minimum atomic E-state index is -0.207. The molecule has 1 aliphatic carbocycles. The Balaban J connectivity index is 1.70. The highest BCUT2D eigenvalue weighted by Gasteiger charge is 2.42. The van der Waals surface area contributed by atoms with Crippen LogP contribution in [0.2, 0.25) is 0 Å². The van der Waals surface area contributed by atoms with Crippen LogP contribution in [0, 0.1) is 11.8 Å². The van der Waals surface area contributed by atoms with Crippen molar-refractivity contribution in [1.29, 1.82) is 0 Å². The average Bonchev–Trinajstić information content (AvgIpc) is 2.81. The van der Waals surface area contributed by atoms with E-state index in [1.807, 2.05) is 30.0 Å².